The molecule has 0 radical (unpaired) electrons. The molecule has 0 spiro atoms. The largest absolute Gasteiger partial charge is 0.462 e. The monoisotopic (exact) mass is 487 g/mol. The number of ether oxygens (including phenoxy) is 2. The number of thiophene rings is 1. The van der Waals surface area contributed by atoms with Crippen molar-refractivity contribution in [3.8, 4) is 10.4 Å². The minimum absolute atomic E-state index is 0.0295. The molecule has 2 amide bonds. The minimum Gasteiger partial charge on any atom is -0.462 e. The van der Waals surface area contributed by atoms with Gasteiger partial charge < -0.3 is 20.1 Å². The van der Waals surface area contributed by atoms with Gasteiger partial charge in [0.15, 0.2) is 16.9 Å². The third-order valence-corrected chi connectivity index (χ3v) is 6.03. The molecule has 11 heteroatoms. The Morgan fingerprint density at radius 1 is 1.09 bits per heavy atom. The molecule has 0 aliphatic heterocycles. The summed E-state index contributed by atoms with van der Waals surface area (Å²) >= 11 is 2.27. The molecule has 172 valence electrons. The van der Waals surface area contributed by atoms with Gasteiger partial charge in [-0.05, 0) is 25.5 Å². The first-order valence-electron chi connectivity index (χ1n) is 9.89. The number of anilines is 2. The Balaban J connectivity index is 1.73. The van der Waals surface area contributed by atoms with Crippen molar-refractivity contribution < 1.29 is 28.7 Å². The van der Waals surface area contributed by atoms with E-state index in [2.05, 4.69) is 15.6 Å². The van der Waals surface area contributed by atoms with Crippen molar-refractivity contribution in [2.24, 2.45) is 0 Å². The SMILES string of the molecule is CCOC(=O)c1cc(-c2ccccc2)sc1NC(=O)C(C)OC(=O)c1csc(NC(C)=O)n1. The third-order valence-electron chi connectivity index (χ3n) is 4.17. The Morgan fingerprint density at radius 3 is 2.48 bits per heavy atom. The summed E-state index contributed by atoms with van der Waals surface area (Å²) < 4.78 is 10.3. The average molecular weight is 488 g/mol. The lowest BCUT2D eigenvalue weighted by atomic mass is 10.1. The predicted octanol–water partition coefficient (Wildman–Crippen LogP) is 4.19. The zero-order valence-corrected chi connectivity index (χ0v) is 19.7. The van der Waals surface area contributed by atoms with Crippen LogP contribution in [0.5, 0.6) is 0 Å². The summed E-state index contributed by atoms with van der Waals surface area (Å²) in [6.07, 6.45) is -1.17. The average Bonchev–Trinajstić information content (AvgIpc) is 3.41. The highest BCUT2D eigenvalue weighted by Crippen LogP contribution is 2.36. The smallest absolute Gasteiger partial charge is 0.358 e. The molecule has 33 heavy (non-hydrogen) atoms. The minimum atomic E-state index is -1.17. The maximum Gasteiger partial charge on any atom is 0.358 e. The number of thiazole rings is 1. The number of carbonyl (C=O) groups is 4. The van der Waals surface area contributed by atoms with Gasteiger partial charge in [-0.1, -0.05) is 30.3 Å². The van der Waals surface area contributed by atoms with E-state index in [1.165, 1.54) is 30.6 Å². The molecule has 1 unspecified atom stereocenters. The van der Waals surface area contributed by atoms with Crippen LogP contribution in [0, 0.1) is 0 Å². The van der Waals surface area contributed by atoms with Crippen LogP contribution in [0.15, 0.2) is 41.8 Å². The summed E-state index contributed by atoms with van der Waals surface area (Å²) in [6, 6.07) is 11.1. The van der Waals surface area contributed by atoms with Gasteiger partial charge in [0.2, 0.25) is 5.91 Å². The summed E-state index contributed by atoms with van der Waals surface area (Å²) in [5.74, 6) is -2.32. The van der Waals surface area contributed by atoms with Crippen LogP contribution in [0.3, 0.4) is 0 Å². The van der Waals surface area contributed by atoms with Gasteiger partial charge in [-0.15, -0.1) is 22.7 Å². The van der Waals surface area contributed by atoms with Crippen LogP contribution in [0.1, 0.15) is 41.6 Å². The summed E-state index contributed by atoms with van der Waals surface area (Å²) in [4.78, 5) is 53.3. The summed E-state index contributed by atoms with van der Waals surface area (Å²) in [7, 11) is 0. The molecule has 0 saturated heterocycles. The number of aromatic nitrogens is 1. The summed E-state index contributed by atoms with van der Waals surface area (Å²) in [6.45, 7) is 4.61. The van der Waals surface area contributed by atoms with E-state index in [1.54, 1.807) is 13.0 Å². The molecule has 0 aliphatic rings. The Hall–Kier alpha value is -3.57. The molecule has 3 rings (SSSR count). The molecule has 1 aromatic carbocycles. The van der Waals surface area contributed by atoms with Crippen LogP contribution >= 0.6 is 22.7 Å². The second-order valence-corrected chi connectivity index (χ2v) is 8.61. The van der Waals surface area contributed by atoms with Crippen LogP contribution in [-0.2, 0) is 19.1 Å². The van der Waals surface area contributed by atoms with E-state index in [-0.39, 0.29) is 28.9 Å². The van der Waals surface area contributed by atoms with Gasteiger partial charge in [0, 0.05) is 17.2 Å². The number of nitrogens with zero attached hydrogens (tertiary/aromatic N) is 1. The van der Waals surface area contributed by atoms with Gasteiger partial charge >= 0.3 is 11.9 Å². The molecular formula is C22H21N3O6S2. The van der Waals surface area contributed by atoms with Crippen molar-refractivity contribution in [2.75, 3.05) is 17.2 Å². The number of benzene rings is 1. The van der Waals surface area contributed by atoms with Crippen molar-refractivity contribution in [1.29, 1.82) is 0 Å². The highest BCUT2D eigenvalue weighted by atomic mass is 32.1. The molecule has 1 atom stereocenters. The molecule has 0 fully saturated rings. The molecule has 2 N–H and O–H groups in total. The molecule has 0 bridgehead atoms. The maximum absolute atomic E-state index is 12.7. The molecule has 0 aliphatic carbocycles. The van der Waals surface area contributed by atoms with E-state index in [9.17, 15) is 19.2 Å². The Morgan fingerprint density at radius 2 is 1.82 bits per heavy atom. The molecule has 2 heterocycles. The normalized spacial score (nSPS) is 11.4. The highest BCUT2D eigenvalue weighted by Gasteiger charge is 2.25. The number of rotatable bonds is 8. The van der Waals surface area contributed by atoms with Crippen molar-refractivity contribution in [3.63, 3.8) is 0 Å². The second kappa shape index (κ2) is 10.8. The van der Waals surface area contributed by atoms with Crippen molar-refractivity contribution in [1.82, 2.24) is 4.98 Å². The van der Waals surface area contributed by atoms with E-state index in [4.69, 9.17) is 9.47 Å². The van der Waals surface area contributed by atoms with Crippen LogP contribution in [0.2, 0.25) is 0 Å². The number of esters is 2. The third kappa shape index (κ3) is 6.24. The molecule has 2 aromatic heterocycles. The molecule has 9 nitrogen and oxygen atoms in total. The first-order chi connectivity index (χ1) is 15.8. The number of hydrogen-bond acceptors (Lipinski definition) is 9. The van der Waals surface area contributed by atoms with Crippen LogP contribution in [0.25, 0.3) is 10.4 Å². The Kier molecular flexibility index (Phi) is 7.91. The van der Waals surface area contributed by atoms with Gasteiger partial charge in [-0.25, -0.2) is 14.6 Å². The maximum atomic E-state index is 12.7. The molecule has 0 saturated carbocycles. The van der Waals surface area contributed by atoms with E-state index >= 15 is 0 Å². The number of hydrogen-bond donors (Lipinski definition) is 2. The van der Waals surface area contributed by atoms with E-state index in [0.29, 0.717) is 5.00 Å². The first-order valence-corrected chi connectivity index (χ1v) is 11.6. The number of carbonyl (C=O) groups excluding carboxylic acids is 4. The van der Waals surface area contributed by atoms with E-state index in [1.807, 2.05) is 30.3 Å². The lowest BCUT2D eigenvalue weighted by molar-refractivity contribution is -0.123. The first kappa shape index (κ1) is 24.1. The Bertz CT molecular complexity index is 1170. The van der Waals surface area contributed by atoms with Crippen molar-refractivity contribution in [3.05, 3.63) is 53.0 Å². The highest BCUT2D eigenvalue weighted by molar-refractivity contribution is 7.20. The Labute approximate surface area is 197 Å². The van der Waals surface area contributed by atoms with Crippen LogP contribution in [0.4, 0.5) is 10.1 Å². The zero-order valence-electron chi connectivity index (χ0n) is 18.0. The topological polar surface area (TPSA) is 124 Å². The fourth-order valence-electron chi connectivity index (χ4n) is 2.65. The van der Waals surface area contributed by atoms with Crippen LogP contribution in [-0.4, -0.2) is 41.4 Å². The summed E-state index contributed by atoms with van der Waals surface area (Å²) in [5, 5.41) is 7.09. The van der Waals surface area contributed by atoms with Gasteiger partial charge in [0.1, 0.15) is 5.00 Å². The van der Waals surface area contributed by atoms with E-state index < -0.39 is 23.9 Å². The molecule has 3 aromatic rings. The summed E-state index contributed by atoms with van der Waals surface area (Å²) in [5.41, 5.74) is 1.07. The number of amides is 2. The zero-order chi connectivity index (χ0) is 24.0. The predicted molar refractivity (Wildman–Crippen MR) is 126 cm³/mol. The van der Waals surface area contributed by atoms with Crippen molar-refractivity contribution >= 4 is 56.6 Å². The van der Waals surface area contributed by atoms with Gasteiger partial charge in [0.05, 0.1) is 12.2 Å². The lowest BCUT2D eigenvalue weighted by Crippen LogP contribution is -2.30. The lowest BCUT2D eigenvalue weighted by Gasteiger charge is -2.12. The van der Waals surface area contributed by atoms with Gasteiger partial charge in [-0.2, -0.15) is 0 Å². The number of nitrogens with one attached hydrogen (secondary N) is 2. The van der Waals surface area contributed by atoms with Gasteiger partial charge in [-0.3, -0.25) is 9.59 Å². The molecular weight excluding hydrogens is 466 g/mol. The fraction of sp³-hybridized carbons (Fsp3) is 0.227. The van der Waals surface area contributed by atoms with Crippen molar-refractivity contribution in [2.45, 2.75) is 26.9 Å². The quantitative estimate of drug-likeness (QED) is 0.457. The van der Waals surface area contributed by atoms with E-state index in [0.717, 1.165) is 21.8 Å². The fourth-order valence-corrected chi connectivity index (χ4v) is 4.43. The standard InChI is InChI=1S/C22H21N3O6S2/c1-4-30-20(28)15-10-17(14-8-6-5-7-9-14)33-19(15)25-18(27)12(2)31-21(29)16-11-32-22(24-16)23-13(3)26/h5-12H,4H2,1-3H3,(H,25,27)(H,23,24,26). The van der Waals surface area contributed by atoms with Gasteiger partial charge in [0.25, 0.3) is 5.91 Å². The van der Waals surface area contributed by atoms with Crippen LogP contribution < -0.4 is 10.6 Å². The second-order valence-electron chi connectivity index (χ2n) is 6.70.